The summed E-state index contributed by atoms with van der Waals surface area (Å²) in [5.41, 5.74) is 1.27. The van der Waals surface area contributed by atoms with Crippen LogP contribution in [-0.4, -0.2) is 19.3 Å². The molecular weight excluding hydrogens is 234 g/mol. The van der Waals surface area contributed by atoms with Crippen LogP contribution in [0.25, 0.3) is 0 Å². The van der Waals surface area contributed by atoms with E-state index in [9.17, 15) is 0 Å². The van der Waals surface area contributed by atoms with Gasteiger partial charge in [-0.05, 0) is 43.9 Å². The minimum absolute atomic E-state index is 0.345. The summed E-state index contributed by atoms with van der Waals surface area (Å²) in [7, 11) is 0. The van der Waals surface area contributed by atoms with Crippen molar-refractivity contribution >= 4 is 11.6 Å². The number of rotatable bonds is 4. The topological polar surface area (TPSA) is 21.3 Å². The maximum Gasteiger partial charge on any atom is 0.0699 e. The van der Waals surface area contributed by atoms with Gasteiger partial charge in [-0.3, -0.25) is 0 Å². The number of hydrogen-bond acceptors (Lipinski definition) is 2. The molecule has 1 fully saturated rings. The van der Waals surface area contributed by atoms with Crippen molar-refractivity contribution in [3.8, 4) is 0 Å². The molecule has 1 unspecified atom stereocenters. The molecule has 1 N–H and O–H groups in total. The zero-order valence-corrected chi connectivity index (χ0v) is 11.0. The van der Waals surface area contributed by atoms with Crippen LogP contribution in [0.5, 0.6) is 0 Å². The van der Waals surface area contributed by atoms with Crippen LogP contribution < -0.4 is 5.32 Å². The van der Waals surface area contributed by atoms with Gasteiger partial charge in [0.15, 0.2) is 0 Å². The average Bonchev–Trinajstić information content (AvgIpc) is 2.38. The van der Waals surface area contributed by atoms with E-state index in [1.165, 1.54) is 24.8 Å². The van der Waals surface area contributed by atoms with Gasteiger partial charge >= 0.3 is 0 Å². The highest BCUT2D eigenvalue weighted by Gasteiger charge is 2.14. The van der Waals surface area contributed by atoms with Crippen molar-refractivity contribution in [2.45, 2.75) is 38.3 Å². The third kappa shape index (κ3) is 3.98. The standard InChI is InChI=1S/C14H20ClNO/c1-11(12-5-7-13(15)8-6-12)16-10-14-4-2-3-9-17-14/h5-8,11,14,16H,2-4,9-10H2,1H3/t11-,14?/m0/s1. The Hall–Kier alpha value is -0.570. The van der Waals surface area contributed by atoms with E-state index in [-0.39, 0.29) is 0 Å². The van der Waals surface area contributed by atoms with Gasteiger partial charge in [-0.1, -0.05) is 23.7 Å². The number of halogens is 1. The molecule has 0 bridgehead atoms. The third-order valence-electron chi connectivity index (χ3n) is 3.30. The fraction of sp³-hybridized carbons (Fsp3) is 0.571. The van der Waals surface area contributed by atoms with Gasteiger partial charge in [0.1, 0.15) is 0 Å². The Bertz CT molecular complexity index is 333. The maximum absolute atomic E-state index is 5.87. The minimum Gasteiger partial charge on any atom is -0.377 e. The van der Waals surface area contributed by atoms with E-state index in [2.05, 4.69) is 24.4 Å². The monoisotopic (exact) mass is 253 g/mol. The highest BCUT2D eigenvalue weighted by Crippen LogP contribution is 2.17. The van der Waals surface area contributed by atoms with Gasteiger partial charge in [0.25, 0.3) is 0 Å². The molecule has 0 aliphatic carbocycles. The molecular formula is C14H20ClNO. The molecule has 0 aromatic heterocycles. The Morgan fingerprint density at radius 2 is 2.12 bits per heavy atom. The summed E-state index contributed by atoms with van der Waals surface area (Å²) in [5.74, 6) is 0. The molecule has 1 saturated heterocycles. The van der Waals surface area contributed by atoms with Gasteiger partial charge in [-0.25, -0.2) is 0 Å². The predicted octanol–water partition coefficient (Wildman–Crippen LogP) is 3.56. The second kappa shape index (κ2) is 6.39. The first-order valence-electron chi connectivity index (χ1n) is 6.36. The lowest BCUT2D eigenvalue weighted by Gasteiger charge is -2.24. The predicted molar refractivity (Wildman–Crippen MR) is 71.5 cm³/mol. The summed E-state index contributed by atoms with van der Waals surface area (Å²) in [5, 5.41) is 4.31. The van der Waals surface area contributed by atoms with E-state index < -0.39 is 0 Å². The lowest BCUT2D eigenvalue weighted by Crippen LogP contribution is -2.33. The first-order valence-corrected chi connectivity index (χ1v) is 6.74. The summed E-state index contributed by atoms with van der Waals surface area (Å²) in [4.78, 5) is 0. The summed E-state index contributed by atoms with van der Waals surface area (Å²) >= 11 is 5.87. The Morgan fingerprint density at radius 3 is 2.76 bits per heavy atom. The van der Waals surface area contributed by atoms with Crippen LogP contribution in [0.2, 0.25) is 5.02 Å². The normalized spacial score (nSPS) is 22.4. The summed E-state index contributed by atoms with van der Waals surface area (Å²) < 4.78 is 5.70. The number of benzene rings is 1. The summed E-state index contributed by atoms with van der Waals surface area (Å²) in [6, 6.07) is 8.36. The van der Waals surface area contributed by atoms with Crippen molar-refractivity contribution in [3.63, 3.8) is 0 Å². The molecule has 1 aromatic rings. The van der Waals surface area contributed by atoms with Crippen molar-refractivity contribution in [2.24, 2.45) is 0 Å². The van der Waals surface area contributed by atoms with E-state index in [1.807, 2.05) is 12.1 Å². The molecule has 3 heteroatoms. The zero-order valence-electron chi connectivity index (χ0n) is 10.3. The molecule has 0 radical (unpaired) electrons. The zero-order chi connectivity index (χ0) is 12.1. The Labute approximate surface area is 108 Å². The molecule has 94 valence electrons. The first kappa shape index (κ1) is 12.9. The third-order valence-corrected chi connectivity index (χ3v) is 3.55. The molecule has 2 rings (SSSR count). The van der Waals surface area contributed by atoms with Gasteiger partial charge in [0.05, 0.1) is 6.10 Å². The quantitative estimate of drug-likeness (QED) is 0.886. The van der Waals surface area contributed by atoms with Crippen LogP contribution in [0.15, 0.2) is 24.3 Å². The van der Waals surface area contributed by atoms with Crippen molar-refractivity contribution in [2.75, 3.05) is 13.2 Å². The van der Waals surface area contributed by atoms with E-state index in [4.69, 9.17) is 16.3 Å². The largest absolute Gasteiger partial charge is 0.377 e. The second-order valence-corrected chi connectivity index (χ2v) is 5.11. The Balaban J connectivity index is 1.80. The summed E-state index contributed by atoms with van der Waals surface area (Å²) in [6.07, 6.45) is 4.07. The van der Waals surface area contributed by atoms with Crippen molar-refractivity contribution in [3.05, 3.63) is 34.9 Å². The maximum atomic E-state index is 5.87. The van der Waals surface area contributed by atoms with Gasteiger partial charge in [0.2, 0.25) is 0 Å². The van der Waals surface area contributed by atoms with E-state index in [0.717, 1.165) is 18.2 Å². The minimum atomic E-state index is 0.345. The molecule has 0 saturated carbocycles. The van der Waals surface area contributed by atoms with Crippen LogP contribution in [-0.2, 0) is 4.74 Å². The van der Waals surface area contributed by atoms with E-state index >= 15 is 0 Å². The Morgan fingerprint density at radius 1 is 1.35 bits per heavy atom. The van der Waals surface area contributed by atoms with E-state index in [1.54, 1.807) is 0 Å². The highest BCUT2D eigenvalue weighted by molar-refractivity contribution is 6.30. The number of nitrogens with one attached hydrogen (secondary N) is 1. The SMILES string of the molecule is C[C@H](NCC1CCCCO1)c1ccc(Cl)cc1. The lowest BCUT2D eigenvalue weighted by molar-refractivity contribution is 0.0156. The van der Waals surface area contributed by atoms with Gasteiger partial charge in [-0.2, -0.15) is 0 Å². The Kier molecular flexibility index (Phi) is 4.84. The molecule has 1 heterocycles. The molecule has 0 spiro atoms. The molecule has 2 nitrogen and oxygen atoms in total. The van der Waals surface area contributed by atoms with Crippen molar-refractivity contribution < 1.29 is 4.74 Å². The molecule has 1 aromatic carbocycles. The number of ether oxygens (including phenoxy) is 1. The van der Waals surface area contributed by atoms with Crippen LogP contribution in [0.4, 0.5) is 0 Å². The fourth-order valence-corrected chi connectivity index (χ4v) is 2.27. The van der Waals surface area contributed by atoms with Crippen LogP contribution >= 0.6 is 11.6 Å². The number of hydrogen-bond donors (Lipinski definition) is 1. The van der Waals surface area contributed by atoms with Gasteiger partial charge in [-0.15, -0.1) is 0 Å². The molecule has 0 amide bonds. The van der Waals surface area contributed by atoms with Gasteiger partial charge in [0, 0.05) is 24.2 Å². The highest BCUT2D eigenvalue weighted by atomic mass is 35.5. The molecule has 1 aliphatic rings. The molecule has 1 aliphatic heterocycles. The van der Waals surface area contributed by atoms with Crippen LogP contribution in [0.1, 0.15) is 37.8 Å². The smallest absolute Gasteiger partial charge is 0.0699 e. The van der Waals surface area contributed by atoms with Crippen molar-refractivity contribution in [1.29, 1.82) is 0 Å². The fourth-order valence-electron chi connectivity index (χ4n) is 2.15. The molecule has 17 heavy (non-hydrogen) atoms. The van der Waals surface area contributed by atoms with Crippen LogP contribution in [0, 0.1) is 0 Å². The average molecular weight is 254 g/mol. The second-order valence-electron chi connectivity index (χ2n) is 4.67. The summed E-state index contributed by atoms with van der Waals surface area (Å²) in [6.45, 7) is 4.03. The van der Waals surface area contributed by atoms with Crippen molar-refractivity contribution in [1.82, 2.24) is 5.32 Å². The van der Waals surface area contributed by atoms with Crippen LogP contribution in [0.3, 0.4) is 0 Å². The van der Waals surface area contributed by atoms with E-state index in [0.29, 0.717) is 12.1 Å². The lowest BCUT2D eigenvalue weighted by atomic mass is 10.1. The van der Waals surface area contributed by atoms with Gasteiger partial charge < -0.3 is 10.1 Å². The molecule has 2 atom stereocenters. The first-order chi connectivity index (χ1) is 8.25.